The van der Waals surface area contributed by atoms with Crippen LogP contribution in [0.2, 0.25) is 0 Å². The van der Waals surface area contributed by atoms with Crippen molar-refractivity contribution in [2.45, 2.75) is 32.7 Å². The monoisotopic (exact) mass is 392 g/mol. The smallest absolute Gasteiger partial charge is 0.282 e. The summed E-state index contributed by atoms with van der Waals surface area (Å²) in [5, 5.41) is 5.95. The van der Waals surface area contributed by atoms with Gasteiger partial charge in [0.2, 0.25) is 6.79 Å². The van der Waals surface area contributed by atoms with Gasteiger partial charge < -0.3 is 29.9 Å². The molecule has 0 spiro atoms. The van der Waals surface area contributed by atoms with Crippen LogP contribution in [0.15, 0.2) is 18.2 Å². The summed E-state index contributed by atoms with van der Waals surface area (Å²) >= 11 is 0. The van der Waals surface area contributed by atoms with Crippen molar-refractivity contribution in [2.75, 3.05) is 51.4 Å². The molecule has 1 saturated heterocycles. The number of carbonyl (C=O) groups is 2. The summed E-state index contributed by atoms with van der Waals surface area (Å²) < 4.78 is 10.7. The Morgan fingerprint density at radius 2 is 1.89 bits per heavy atom. The third-order valence-corrected chi connectivity index (χ3v) is 5.51. The molecule has 1 fully saturated rings. The van der Waals surface area contributed by atoms with Crippen molar-refractivity contribution in [3.63, 3.8) is 0 Å². The zero-order chi connectivity index (χ0) is 19.9. The Bertz CT molecular complexity index is 689. The summed E-state index contributed by atoms with van der Waals surface area (Å²) in [5.74, 6) is 1.48. The Labute approximate surface area is 166 Å². The van der Waals surface area contributed by atoms with Gasteiger partial charge in [0, 0.05) is 18.3 Å². The molecule has 0 unspecified atom stereocenters. The van der Waals surface area contributed by atoms with Gasteiger partial charge in [-0.3, -0.25) is 9.59 Å². The standard InChI is InChI=1S/C20H30N4O4/c1-3-4-7-21-19(25)13-23-8-10-24(11-9-23)15(2)20(26)22-16-5-6-17-18(12-16)28-14-27-17/h5-6,12,15H,3-4,7-11,13-14H2,1-2H3,(H,21,25)(H,22,26)/p+2/t15-/m1/s1. The first-order valence-corrected chi connectivity index (χ1v) is 10.2. The summed E-state index contributed by atoms with van der Waals surface area (Å²) in [6.45, 7) is 9.14. The highest BCUT2D eigenvalue weighted by molar-refractivity contribution is 5.94. The molecule has 2 heterocycles. The number of rotatable bonds is 8. The van der Waals surface area contributed by atoms with Crippen LogP contribution in [0.5, 0.6) is 11.5 Å². The number of nitrogens with one attached hydrogen (secondary N) is 4. The van der Waals surface area contributed by atoms with Crippen LogP contribution in [0.4, 0.5) is 5.69 Å². The number of quaternary nitrogens is 2. The van der Waals surface area contributed by atoms with E-state index in [4.69, 9.17) is 9.47 Å². The second kappa shape index (κ2) is 9.75. The number of anilines is 1. The van der Waals surface area contributed by atoms with Crippen LogP contribution in [0.25, 0.3) is 0 Å². The van der Waals surface area contributed by atoms with E-state index in [1.54, 1.807) is 6.07 Å². The van der Waals surface area contributed by atoms with Crippen LogP contribution in [-0.2, 0) is 9.59 Å². The number of carbonyl (C=O) groups excluding carboxylic acids is 2. The number of benzene rings is 1. The molecule has 0 radical (unpaired) electrons. The van der Waals surface area contributed by atoms with Gasteiger partial charge in [0.05, 0.1) is 0 Å². The van der Waals surface area contributed by atoms with Crippen LogP contribution in [0.3, 0.4) is 0 Å². The van der Waals surface area contributed by atoms with E-state index in [1.165, 1.54) is 9.80 Å². The number of hydrogen-bond acceptors (Lipinski definition) is 4. The number of fused-ring (bicyclic) bond motifs is 1. The highest BCUT2D eigenvalue weighted by Crippen LogP contribution is 2.34. The van der Waals surface area contributed by atoms with Crippen molar-refractivity contribution in [3.05, 3.63) is 18.2 Å². The third-order valence-electron chi connectivity index (χ3n) is 5.51. The summed E-state index contributed by atoms with van der Waals surface area (Å²) in [4.78, 5) is 27.2. The first-order valence-electron chi connectivity index (χ1n) is 10.2. The predicted molar refractivity (Wildman–Crippen MR) is 105 cm³/mol. The summed E-state index contributed by atoms with van der Waals surface area (Å²) in [7, 11) is 0. The zero-order valence-electron chi connectivity index (χ0n) is 16.8. The fourth-order valence-electron chi connectivity index (χ4n) is 3.64. The lowest BCUT2D eigenvalue weighted by Gasteiger charge is -2.32. The molecule has 4 N–H and O–H groups in total. The minimum atomic E-state index is -0.148. The average molecular weight is 393 g/mol. The molecule has 0 bridgehead atoms. The minimum absolute atomic E-state index is 0.00498. The highest BCUT2D eigenvalue weighted by Gasteiger charge is 2.32. The molecule has 8 heteroatoms. The second-order valence-corrected chi connectivity index (χ2v) is 7.57. The maximum Gasteiger partial charge on any atom is 0.282 e. The molecule has 8 nitrogen and oxygen atoms in total. The molecular formula is C20H32N4O4+2. The van der Waals surface area contributed by atoms with Crippen molar-refractivity contribution < 1.29 is 28.9 Å². The SMILES string of the molecule is CCCCNC(=O)C[NH+]1CC[NH+]([C@H](C)C(=O)Nc2ccc3c(c2)OCO3)CC1. The van der Waals surface area contributed by atoms with Crippen molar-refractivity contribution >= 4 is 17.5 Å². The van der Waals surface area contributed by atoms with Crippen molar-refractivity contribution in [1.82, 2.24) is 5.32 Å². The molecule has 1 aromatic carbocycles. The minimum Gasteiger partial charge on any atom is -0.454 e. The van der Waals surface area contributed by atoms with E-state index in [2.05, 4.69) is 17.6 Å². The summed E-state index contributed by atoms with van der Waals surface area (Å²) in [5.41, 5.74) is 0.716. The molecule has 1 atom stereocenters. The number of unbranched alkanes of at least 4 members (excludes halogenated alkanes) is 1. The van der Waals surface area contributed by atoms with Gasteiger partial charge in [-0.1, -0.05) is 13.3 Å². The molecule has 2 amide bonds. The van der Waals surface area contributed by atoms with Gasteiger partial charge in [-0.05, 0) is 25.5 Å². The van der Waals surface area contributed by atoms with Crippen molar-refractivity contribution in [3.8, 4) is 11.5 Å². The first kappa shape index (κ1) is 20.4. The van der Waals surface area contributed by atoms with Gasteiger partial charge in [-0.15, -0.1) is 0 Å². The van der Waals surface area contributed by atoms with E-state index in [0.717, 1.165) is 45.6 Å². The quantitative estimate of drug-likeness (QED) is 0.403. The number of amides is 2. The molecule has 2 aliphatic rings. The van der Waals surface area contributed by atoms with Crippen LogP contribution >= 0.6 is 0 Å². The lowest BCUT2D eigenvalue weighted by molar-refractivity contribution is -1.01. The summed E-state index contributed by atoms with van der Waals surface area (Å²) in [6, 6.07) is 5.28. The van der Waals surface area contributed by atoms with Gasteiger partial charge in [-0.25, -0.2) is 0 Å². The van der Waals surface area contributed by atoms with Gasteiger partial charge in [-0.2, -0.15) is 0 Å². The lowest BCUT2D eigenvalue weighted by atomic mass is 10.2. The van der Waals surface area contributed by atoms with Crippen LogP contribution in [-0.4, -0.2) is 63.9 Å². The highest BCUT2D eigenvalue weighted by atomic mass is 16.7. The number of piperazine rings is 1. The Balaban J connectivity index is 1.42. The fourth-order valence-corrected chi connectivity index (χ4v) is 3.64. The van der Waals surface area contributed by atoms with Gasteiger partial charge in [0.15, 0.2) is 24.1 Å². The topological polar surface area (TPSA) is 85.5 Å². The van der Waals surface area contributed by atoms with Gasteiger partial charge in [0.25, 0.3) is 11.8 Å². The predicted octanol–water partition coefficient (Wildman–Crippen LogP) is -1.56. The van der Waals surface area contributed by atoms with Gasteiger partial charge in [0.1, 0.15) is 26.2 Å². The van der Waals surface area contributed by atoms with Crippen molar-refractivity contribution in [2.24, 2.45) is 0 Å². The maximum absolute atomic E-state index is 12.6. The average Bonchev–Trinajstić information content (AvgIpc) is 3.16. The molecule has 0 saturated carbocycles. The van der Waals surface area contributed by atoms with E-state index in [1.807, 2.05) is 19.1 Å². The maximum atomic E-state index is 12.6. The van der Waals surface area contributed by atoms with E-state index in [-0.39, 0.29) is 24.6 Å². The third kappa shape index (κ3) is 5.36. The first-order chi connectivity index (χ1) is 13.6. The Morgan fingerprint density at radius 1 is 1.14 bits per heavy atom. The fraction of sp³-hybridized carbons (Fsp3) is 0.600. The lowest BCUT2D eigenvalue weighted by Crippen LogP contribution is -3.30. The molecule has 0 aliphatic carbocycles. The van der Waals surface area contributed by atoms with Crippen LogP contribution in [0, 0.1) is 0 Å². The Hall–Kier alpha value is -2.32. The van der Waals surface area contributed by atoms with Gasteiger partial charge >= 0.3 is 0 Å². The zero-order valence-corrected chi connectivity index (χ0v) is 16.8. The molecule has 154 valence electrons. The molecular weight excluding hydrogens is 360 g/mol. The normalized spacial score (nSPS) is 21.8. The summed E-state index contributed by atoms with van der Waals surface area (Å²) in [6.07, 6.45) is 2.11. The molecule has 2 aliphatic heterocycles. The van der Waals surface area contributed by atoms with E-state index >= 15 is 0 Å². The Morgan fingerprint density at radius 3 is 2.64 bits per heavy atom. The number of hydrogen-bond donors (Lipinski definition) is 4. The molecule has 3 rings (SSSR count). The largest absolute Gasteiger partial charge is 0.454 e. The van der Waals surface area contributed by atoms with E-state index in [9.17, 15) is 9.59 Å². The molecule has 28 heavy (non-hydrogen) atoms. The van der Waals surface area contributed by atoms with Crippen LogP contribution in [0.1, 0.15) is 26.7 Å². The number of ether oxygens (including phenoxy) is 2. The van der Waals surface area contributed by atoms with E-state index < -0.39 is 0 Å². The molecule has 0 aromatic heterocycles. The Kier molecular flexibility index (Phi) is 7.11. The molecule has 1 aromatic rings. The van der Waals surface area contributed by atoms with E-state index in [0.29, 0.717) is 23.7 Å². The van der Waals surface area contributed by atoms with Crippen LogP contribution < -0.4 is 29.9 Å². The van der Waals surface area contributed by atoms with Crippen molar-refractivity contribution in [1.29, 1.82) is 0 Å². The second-order valence-electron chi connectivity index (χ2n) is 7.57.